The minimum absolute atomic E-state index is 0.257. The fraction of sp³-hybridized carbons (Fsp3) is 0.333. The first-order valence-electron chi connectivity index (χ1n) is 9.69. The molecule has 0 aliphatic carbocycles. The molecule has 0 unspecified atom stereocenters. The highest BCUT2D eigenvalue weighted by molar-refractivity contribution is 7.89. The van der Waals surface area contributed by atoms with Crippen molar-refractivity contribution in [2.75, 3.05) is 6.54 Å². The predicted octanol–water partition coefficient (Wildman–Crippen LogP) is 4.35. The normalized spacial score (nSPS) is 17.7. The minimum atomic E-state index is -3.67. The Morgan fingerprint density at radius 1 is 1.14 bits per heavy atom. The van der Waals surface area contributed by atoms with Gasteiger partial charge in [0.1, 0.15) is 11.9 Å². The third kappa shape index (κ3) is 3.95. The average molecular weight is 415 g/mol. The molecule has 2 aromatic carbocycles. The van der Waals surface area contributed by atoms with Gasteiger partial charge in [0.2, 0.25) is 21.7 Å². The lowest BCUT2D eigenvalue weighted by atomic mass is 10.1. The van der Waals surface area contributed by atoms with Crippen LogP contribution in [0.4, 0.5) is 4.39 Å². The highest BCUT2D eigenvalue weighted by atomic mass is 32.2. The highest BCUT2D eigenvalue weighted by Crippen LogP contribution is 2.36. The SMILES string of the molecule is CCCc1ccc(S(=O)(=O)N2CCC[C@H]2c2nc(-c3ccc(F)cc3)no2)cc1. The number of hydrogen-bond acceptors (Lipinski definition) is 5. The Morgan fingerprint density at radius 2 is 1.86 bits per heavy atom. The van der Waals surface area contributed by atoms with Gasteiger partial charge in [-0.25, -0.2) is 12.8 Å². The molecule has 1 atom stereocenters. The zero-order valence-electron chi connectivity index (χ0n) is 16.1. The van der Waals surface area contributed by atoms with Gasteiger partial charge in [0.25, 0.3) is 0 Å². The van der Waals surface area contributed by atoms with E-state index in [2.05, 4.69) is 17.1 Å². The molecule has 0 amide bonds. The molecule has 0 bridgehead atoms. The molecule has 0 N–H and O–H groups in total. The van der Waals surface area contributed by atoms with E-state index >= 15 is 0 Å². The molecular weight excluding hydrogens is 393 g/mol. The Morgan fingerprint density at radius 3 is 2.55 bits per heavy atom. The topological polar surface area (TPSA) is 76.3 Å². The number of aryl methyl sites for hydroxylation is 1. The molecule has 1 saturated heterocycles. The smallest absolute Gasteiger partial charge is 0.245 e. The standard InChI is InChI=1S/C21H22FN3O3S/c1-2-4-15-6-12-18(13-7-15)29(26,27)25-14-3-5-19(25)21-23-20(24-28-21)16-8-10-17(22)11-9-16/h6-13,19H,2-5,14H2,1H3/t19-/m0/s1. The Kier molecular flexibility index (Phi) is 5.47. The summed E-state index contributed by atoms with van der Waals surface area (Å²) in [6.07, 6.45) is 3.25. The molecule has 0 spiro atoms. The quantitative estimate of drug-likeness (QED) is 0.598. The van der Waals surface area contributed by atoms with Crippen molar-refractivity contribution in [3.63, 3.8) is 0 Å². The molecule has 0 saturated carbocycles. The summed E-state index contributed by atoms with van der Waals surface area (Å²) in [5.41, 5.74) is 1.73. The second kappa shape index (κ2) is 8.04. The molecule has 1 fully saturated rings. The van der Waals surface area contributed by atoms with Gasteiger partial charge in [-0.05, 0) is 61.2 Å². The van der Waals surface area contributed by atoms with Crippen LogP contribution in [0, 0.1) is 5.82 Å². The van der Waals surface area contributed by atoms with Crippen molar-refractivity contribution in [2.24, 2.45) is 0 Å². The highest BCUT2D eigenvalue weighted by Gasteiger charge is 2.39. The van der Waals surface area contributed by atoms with Crippen LogP contribution in [-0.2, 0) is 16.4 Å². The first kappa shape index (κ1) is 19.7. The number of halogens is 1. The molecular formula is C21H22FN3O3S. The summed E-state index contributed by atoms with van der Waals surface area (Å²) in [6, 6.07) is 12.3. The van der Waals surface area contributed by atoms with Crippen molar-refractivity contribution in [3.8, 4) is 11.4 Å². The van der Waals surface area contributed by atoms with E-state index in [9.17, 15) is 12.8 Å². The number of rotatable bonds is 6. The molecule has 1 aliphatic heterocycles. The van der Waals surface area contributed by atoms with E-state index in [4.69, 9.17) is 4.52 Å². The van der Waals surface area contributed by atoms with Crippen molar-refractivity contribution in [1.29, 1.82) is 0 Å². The number of hydrogen-bond donors (Lipinski definition) is 0. The number of aromatic nitrogens is 2. The average Bonchev–Trinajstić information content (AvgIpc) is 3.39. The van der Waals surface area contributed by atoms with Crippen LogP contribution in [-0.4, -0.2) is 29.4 Å². The lowest BCUT2D eigenvalue weighted by Crippen LogP contribution is -2.30. The summed E-state index contributed by atoms with van der Waals surface area (Å²) in [5, 5.41) is 3.95. The number of benzene rings is 2. The maximum atomic E-state index is 13.2. The van der Waals surface area contributed by atoms with E-state index in [1.54, 1.807) is 24.3 Å². The van der Waals surface area contributed by atoms with Crippen molar-refractivity contribution in [1.82, 2.24) is 14.4 Å². The summed E-state index contributed by atoms with van der Waals surface area (Å²) in [4.78, 5) is 4.65. The predicted molar refractivity (Wildman–Crippen MR) is 106 cm³/mol. The van der Waals surface area contributed by atoms with Gasteiger partial charge < -0.3 is 4.52 Å². The fourth-order valence-electron chi connectivity index (χ4n) is 3.61. The van der Waals surface area contributed by atoms with Gasteiger partial charge in [-0.3, -0.25) is 0 Å². The van der Waals surface area contributed by atoms with E-state index in [0.29, 0.717) is 30.8 Å². The summed E-state index contributed by atoms with van der Waals surface area (Å²) in [6.45, 7) is 2.49. The van der Waals surface area contributed by atoms with Crippen LogP contribution in [0.2, 0.25) is 0 Å². The minimum Gasteiger partial charge on any atom is -0.337 e. The second-order valence-corrected chi connectivity index (χ2v) is 9.02. The van der Waals surface area contributed by atoms with E-state index in [0.717, 1.165) is 18.4 Å². The Balaban J connectivity index is 1.59. The summed E-state index contributed by atoms with van der Waals surface area (Å²) < 4.78 is 46.3. The molecule has 4 rings (SSSR count). The summed E-state index contributed by atoms with van der Waals surface area (Å²) in [7, 11) is -3.67. The van der Waals surface area contributed by atoms with Crippen LogP contribution in [0.5, 0.6) is 0 Å². The second-order valence-electron chi connectivity index (χ2n) is 7.13. The van der Waals surface area contributed by atoms with Crippen LogP contribution >= 0.6 is 0 Å². The van der Waals surface area contributed by atoms with Gasteiger partial charge in [-0.15, -0.1) is 0 Å². The van der Waals surface area contributed by atoms with Gasteiger partial charge >= 0.3 is 0 Å². The first-order valence-corrected chi connectivity index (χ1v) is 11.1. The van der Waals surface area contributed by atoms with Crippen LogP contribution in [0.15, 0.2) is 57.9 Å². The molecule has 29 heavy (non-hydrogen) atoms. The van der Waals surface area contributed by atoms with Crippen LogP contribution in [0.25, 0.3) is 11.4 Å². The van der Waals surface area contributed by atoms with Crippen LogP contribution < -0.4 is 0 Å². The first-order chi connectivity index (χ1) is 14.0. The van der Waals surface area contributed by atoms with Gasteiger partial charge in [-0.2, -0.15) is 9.29 Å². The van der Waals surface area contributed by atoms with Gasteiger partial charge in [-0.1, -0.05) is 30.6 Å². The summed E-state index contributed by atoms with van der Waals surface area (Å²) in [5.74, 6) is 0.219. The molecule has 152 valence electrons. The van der Waals surface area contributed by atoms with Crippen molar-refractivity contribution >= 4 is 10.0 Å². The monoisotopic (exact) mass is 415 g/mol. The maximum absolute atomic E-state index is 13.2. The third-order valence-electron chi connectivity index (χ3n) is 5.10. The van der Waals surface area contributed by atoms with Crippen LogP contribution in [0.1, 0.15) is 43.7 Å². The number of nitrogens with zero attached hydrogens (tertiary/aromatic N) is 3. The molecule has 6 nitrogen and oxygen atoms in total. The van der Waals surface area contributed by atoms with E-state index < -0.39 is 16.1 Å². The van der Waals surface area contributed by atoms with Gasteiger partial charge in [0.05, 0.1) is 4.90 Å². The largest absolute Gasteiger partial charge is 0.337 e. The van der Waals surface area contributed by atoms with Crippen molar-refractivity contribution in [3.05, 3.63) is 65.8 Å². The summed E-state index contributed by atoms with van der Waals surface area (Å²) >= 11 is 0. The molecule has 3 aromatic rings. The van der Waals surface area contributed by atoms with Crippen LogP contribution in [0.3, 0.4) is 0 Å². The van der Waals surface area contributed by atoms with Crippen molar-refractivity contribution in [2.45, 2.75) is 43.5 Å². The molecule has 1 aromatic heterocycles. The molecule has 1 aliphatic rings. The Labute approximate surface area is 169 Å². The zero-order chi connectivity index (χ0) is 20.4. The lowest BCUT2D eigenvalue weighted by Gasteiger charge is -2.21. The van der Waals surface area contributed by atoms with Gasteiger partial charge in [0.15, 0.2) is 0 Å². The number of sulfonamides is 1. The Hall–Kier alpha value is -2.58. The third-order valence-corrected chi connectivity index (χ3v) is 7.02. The van der Waals surface area contributed by atoms with Crippen molar-refractivity contribution < 1.29 is 17.3 Å². The molecule has 0 radical (unpaired) electrons. The lowest BCUT2D eigenvalue weighted by molar-refractivity contribution is 0.290. The zero-order valence-corrected chi connectivity index (χ0v) is 16.9. The van der Waals surface area contributed by atoms with E-state index in [-0.39, 0.29) is 16.6 Å². The molecule has 8 heteroatoms. The fourth-order valence-corrected chi connectivity index (χ4v) is 5.26. The van der Waals surface area contributed by atoms with Gasteiger partial charge in [0, 0.05) is 12.1 Å². The van der Waals surface area contributed by atoms with E-state index in [1.807, 2.05) is 12.1 Å². The maximum Gasteiger partial charge on any atom is 0.245 e. The van der Waals surface area contributed by atoms with E-state index in [1.165, 1.54) is 16.4 Å². The Bertz CT molecular complexity index is 1080. The molecule has 2 heterocycles.